The lowest BCUT2D eigenvalue weighted by Gasteiger charge is -2.13. The van der Waals surface area contributed by atoms with Gasteiger partial charge in [0.1, 0.15) is 5.76 Å². The first-order valence-electron chi connectivity index (χ1n) is 8.54. The summed E-state index contributed by atoms with van der Waals surface area (Å²) in [6.07, 6.45) is 0. The van der Waals surface area contributed by atoms with Gasteiger partial charge in [0, 0.05) is 23.9 Å². The number of nitrogens with zero attached hydrogens (tertiary/aromatic N) is 3. The third-order valence-corrected chi connectivity index (χ3v) is 4.30. The molecule has 0 radical (unpaired) electrons. The summed E-state index contributed by atoms with van der Waals surface area (Å²) in [5.74, 6) is 0.912. The number of hydrogen-bond donors (Lipinski definition) is 2. The van der Waals surface area contributed by atoms with E-state index in [1.807, 2.05) is 55.8 Å². The lowest BCUT2D eigenvalue weighted by atomic mass is 10.2. The monoisotopic (exact) mass is 353 g/mol. The second-order valence-corrected chi connectivity index (χ2v) is 6.31. The van der Waals surface area contributed by atoms with E-state index in [2.05, 4.69) is 20.9 Å². The van der Waals surface area contributed by atoms with Crippen LogP contribution in [0, 0.1) is 20.8 Å². The van der Waals surface area contributed by atoms with Gasteiger partial charge in [-0.3, -0.25) is 4.79 Å². The minimum absolute atomic E-state index is 0.163. The van der Waals surface area contributed by atoms with Crippen LogP contribution in [0.25, 0.3) is 5.69 Å². The molecule has 0 aliphatic heterocycles. The van der Waals surface area contributed by atoms with Gasteiger partial charge in [-0.1, -0.05) is 23.4 Å². The number of carbonyl (C=O) groups is 1. The maximum Gasteiger partial charge on any atom is 0.242 e. The van der Waals surface area contributed by atoms with E-state index in [1.165, 1.54) is 0 Å². The third-order valence-electron chi connectivity index (χ3n) is 4.30. The highest BCUT2D eigenvalue weighted by molar-refractivity contribution is 5.93. The lowest BCUT2D eigenvalue weighted by molar-refractivity contribution is -0.117. The van der Waals surface area contributed by atoms with Gasteiger partial charge >= 0.3 is 0 Å². The number of nitrogens with one attached hydrogen (secondary N) is 2. The van der Waals surface area contributed by atoms with Gasteiger partial charge in [0.25, 0.3) is 0 Å². The fraction of sp³-hybridized carbons (Fsp3) is 0.316. The van der Waals surface area contributed by atoms with E-state index in [1.54, 1.807) is 13.0 Å². The normalized spacial score (nSPS) is 12.2. The zero-order chi connectivity index (χ0) is 18.7. The lowest BCUT2D eigenvalue weighted by Crippen LogP contribution is -2.37. The Hall–Kier alpha value is -2.93. The minimum Gasteiger partial charge on any atom is -0.360 e. The smallest absolute Gasteiger partial charge is 0.242 e. The number of hydrogen-bond acceptors (Lipinski definition) is 5. The van der Waals surface area contributed by atoms with Crippen molar-refractivity contribution in [1.82, 2.24) is 20.3 Å². The van der Waals surface area contributed by atoms with Gasteiger partial charge in [-0.25, -0.2) is 4.68 Å². The van der Waals surface area contributed by atoms with E-state index in [4.69, 9.17) is 4.52 Å². The van der Waals surface area contributed by atoms with Gasteiger partial charge in [0.2, 0.25) is 5.91 Å². The molecule has 0 spiro atoms. The molecule has 136 valence electrons. The Morgan fingerprint density at radius 2 is 1.96 bits per heavy atom. The van der Waals surface area contributed by atoms with Crippen molar-refractivity contribution in [3.8, 4) is 5.69 Å². The Kier molecular flexibility index (Phi) is 5.18. The second kappa shape index (κ2) is 7.53. The molecule has 2 heterocycles. The first kappa shape index (κ1) is 17.9. The summed E-state index contributed by atoms with van der Waals surface area (Å²) in [5.41, 5.74) is 4.11. The number of amides is 1. The summed E-state index contributed by atoms with van der Waals surface area (Å²) in [5, 5.41) is 14.4. The van der Waals surface area contributed by atoms with Crippen LogP contribution in [0.15, 0.2) is 40.9 Å². The molecular weight excluding hydrogens is 330 g/mol. The number of para-hydroxylation sites is 1. The van der Waals surface area contributed by atoms with Crippen molar-refractivity contribution in [3.63, 3.8) is 0 Å². The molecule has 0 fully saturated rings. The van der Waals surface area contributed by atoms with Gasteiger partial charge in [-0.15, -0.1) is 0 Å². The quantitative estimate of drug-likeness (QED) is 0.712. The molecule has 0 saturated carbocycles. The van der Waals surface area contributed by atoms with Crippen LogP contribution in [-0.2, 0) is 11.3 Å². The van der Waals surface area contributed by atoms with Crippen molar-refractivity contribution in [3.05, 3.63) is 59.1 Å². The van der Waals surface area contributed by atoms with Crippen LogP contribution >= 0.6 is 0 Å². The van der Waals surface area contributed by atoms with E-state index >= 15 is 0 Å². The summed E-state index contributed by atoms with van der Waals surface area (Å²) in [6, 6.07) is 11.3. The van der Waals surface area contributed by atoms with Gasteiger partial charge in [0.05, 0.1) is 17.4 Å². The van der Waals surface area contributed by atoms with Gasteiger partial charge in [0.15, 0.2) is 5.82 Å². The first-order chi connectivity index (χ1) is 12.5. The van der Waals surface area contributed by atoms with Gasteiger partial charge < -0.3 is 15.2 Å². The molecule has 0 bridgehead atoms. The van der Waals surface area contributed by atoms with Crippen LogP contribution in [0.2, 0.25) is 0 Å². The molecule has 7 nitrogen and oxygen atoms in total. The molecular formula is C19H23N5O2. The largest absolute Gasteiger partial charge is 0.360 e. The molecule has 1 amide bonds. The van der Waals surface area contributed by atoms with Crippen LogP contribution in [0.5, 0.6) is 0 Å². The molecule has 2 aromatic heterocycles. The molecule has 3 aromatic rings. The molecule has 0 saturated heterocycles. The zero-order valence-electron chi connectivity index (χ0n) is 15.4. The van der Waals surface area contributed by atoms with Crippen LogP contribution in [-0.4, -0.2) is 26.9 Å². The van der Waals surface area contributed by atoms with Crippen LogP contribution in [0.4, 0.5) is 5.82 Å². The van der Waals surface area contributed by atoms with Crippen molar-refractivity contribution in [2.75, 3.05) is 5.32 Å². The van der Waals surface area contributed by atoms with E-state index < -0.39 is 0 Å². The maximum absolute atomic E-state index is 12.3. The molecule has 2 N–H and O–H groups in total. The topological polar surface area (TPSA) is 85.0 Å². The van der Waals surface area contributed by atoms with Gasteiger partial charge in [-0.2, -0.15) is 5.10 Å². The highest BCUT2D eigenvalue weighted by atomic mass is 16.5. The Bertz CT molecular complexity index is 898. The predicted molar refractivity (Wildman–Crippen MR) is 99.2 cm³/mol. The molecule has 1 atom stereocenters. The van der Waals surface area contributed by atoms with Gasteiger partial charge in [-0.05, 0) is 39.8 Å². The zero-order valence-corrected chi connectivity index (χ0v) is 15.4. The summed E-state index contributed by atoms with van der Waals surface area (Å²) < 4.78 is 6.88. The van der Waals surface area contributed by atoms with Crippen molar-refractivity contribution in [1.29, 1.82) is 0 Å². The Morgan fingerprint density at radius 1 is 1.23 bits per heavy atom. The molecule has 0 unspecified atom stereocenters. The molecule has 1 aromatic carbocycles. The summed E-state index contributed by atoms with van der Waals surface area (Å²) in [4.78, 5) is 12.3. The number of carbonyl (C=O) groups excluding carboxylic acids is 1. The number of aromatic nitrogens is 3. The number of rotatable bonds is 6. The third kappa shape index (κ3) is 3.83. The van der Waals surface area contributed by atoms with E-state index in [0.717, 1.165) is 22.6 Å². The molecule has 0 aliphatic rings. The Morgan fingerprint density at radius 3 is 2.62 bits per heavy atom. The fourth-order valence-corrected chi connectivity index (χ4v) is 2.76. The fourth-order valence-electron chi connectivity index (χ4n) is 2.76. The summed E-state index contributed by atoms with van der Waals surface area (Å²) >= 11 is 0. The summed E-state index contributed by atoms with van der Waals surface area (Å²) in [6.45, 7) is 8.16. The average Bonchev–Trinajstić information content (AvgIpc) is 3.16. The van der Waals surface area contributed by atoms with Crippen molar-refractivity contribution < 1.29 is 9.32 Å². The van der Waals surface area contributed by atoms with Crippen LogP contribution in [0.1, 0.15) is 29.6 Å². The van der Waals surface area contributed by atoms with Crippen molar-refractivity contribution >= 4 is 11.7 Å². The van der Waals surface area contributed by atoms with Crippen LogP contribution < -0.4 is 10.6 Å². The SMILES string of the molecule is Cc1cc(NC(=O)[C@H](C)NCc2c(C)nn(-c3ccccc3)c2C)no1. The predicted octanol–water partition coefficient (Wildman–Crippen LogP) is 2.90. The minimum atomic E-state index is -0.383. The Balaban J connectivity index is 1.66. The summed E-state index contributed by atoms with van der Waals surface area (Å²) in [7, 11) is 0. The van der Waals surface area contributed by atoms with Crippen molar-refractivity contribution in [2.24, 2.45) is 0 Å². The number of benzene rings is 1. The number of aryl methyl sites for hydroxylation is 2. The molecule has 3 rings (SSSR count). The van der Waals surface area contributed by atoms with Crippen molar-refractivity contribution in [2.45, 2.75) is 40.3 Å². The molecule has 0 aliphatic carbocycles. The Labute approximate surface area is 152 Å². The standard InChI is InChI=1S/C19H23N5O2/c1-12-10-18(23-26-12)21-19(25)14(3)20-11-17-13(2)22-24(15(17)4)16-8-6-5-7-9-16/h5-10,14,20H,11H2,1-4H3,(H,21,23,25)/t14-/m0/s1. The first-order valence-corrected chi connectivity index (χ1v) is 8.54. The highest BCUT2D eigenvalue weighted by Gasteiger charge is 2.17. The van der Waals surface area contributed by atoms with E-state index in [-0.39, 0.29) is 11.9 Å². The van der Waals surface area contributed by atoms with Crippen LogP contribution in [0.3, 0.4) is 0 Å². The number of anilines is 1. The van der Waals surface area contributed by atoms with E-state index in [9.17, 15) is 4.79 Å². The second-order valence-electron chi connectivity index (χ2n) is 6.31. The highest BCUT2D eigenvalue weighted by Crippen LogP contribution is 2.18. The molecule has 26 heavy (non-hydrogen) atoms. The maximum atomic E-state index is 12.3. The average molecular weight is 353 g/mol. The van der Waals surface area contributed by atoms with E-state index in [0.29, 0.717) is 18.1 Å². The molecule has 7 heteroatoms.